The molecule has 1 aliphatic rings. The van der Waals surface area contributed by atoms with Gasteiger partial charge in [0.1, 0.15) is 5.60 Å². The van der Waals surface area contributed by atoms with Gasteiger partial charge in [0.2, 0.25) is 0 Å². The van der Waals surface area contributed by atoms with Crippen molar-refractivity contribution >= 4 is 0 Å². The fourth-order valence-corrected chi connectivity index (χ4v) is 2.47. The second-order valence-electron chi connectivity index (χ2n) is 4.29. The lowest BCUT2D eigenvalue weighted by Gasteiger charge is -2.33. The number of benzene rings is 1. The van der Waals surface area contributed by atoms with Crippen LogP contribution in [0, 0.1) is 0 Å². The maximum absolute atomic E-state index is 10.7. The fourth-order valence-electron chi connectivity index (χ4n) is 2.47. The van der Waals surface area contributed by atoms with Gasteiger partial charge in [-0.15, -0.1) is 0 Å². The van der Waals surface area contributed by atoms with E-state index in [0.29, 0.717) is 0 Å². The Morgan fingerprint density at radius 2 is 2.13 bits per heavy atom. The average molecular weight is 205 g/mol. The van der Waals surface area contributed by atoms with Crippen molar-refractivity contribution in [3.05, 3.63) is 35.9 Å². The maximum atomic E-state index is 10.7. The van der Waals surface area contributed by atoms with Crippen LogP contribution in [-0.4, -0.2) is 17.7 Å². The first kappa shape index (κ1) is 10.7. The molecule has 2 atom stereocenters. The molecule has 0 radical (unpaired) electrons. The summed E-state index contributed by atoms with van der Waals surface area (Å²) in [6, 6.07) is 10.2. The van der Waals surface area contributed by atoms with Crippen LogP contribution in [0.3, 0.4) is 0 Å². The number of nitrogens with one attached hydrogen (secondary N) is 1. The molecule has 1 aromatic rings. The summed E-state index contributed by atoms with van der Waals surface area (Å²) < 4.78 is 0. The van der Waals surface area contributed by atoms with Gasteiger partial charge in [0.15, 0.2) is 0 Å². The van der Waals surface area contributed by atoms with Crippen molar-refractivity contribution in [3.8, 4) is 0 Å². The summed E-state index contributed by atoms with van der Waals surface area (Å²) in [5.41, 5.74) is 0.338. The summed E-state index contributed by atoms with van der Waals surface area (Å²) in [5, 5.41) is 14.1. The Balaban J connectivity index is 2.28. The summed E-state index contributed by atoms with van der Waals surface area (Å²) in [6.45, 7) is 3.08. The molecular weight excluding hydrogens is 186 g/mol. The minimum Gasteiger partial charge on any atom is -0.384 e. The van der Waals surface area contributed by atoms with E-state index in [-0.39, 0.29) is 6.04 Å². The molecule has 1 aromatic carbocycles. The molecule has 2 rings (SSSR count). The van der Waals surface area contributed by atoms with Gasteiger partial charge >= 0.3 is 0 Å². The summed E-state index contributed by atoms with van der Waals surface area (Å²) in [4.78, 5) is 0. The van der Waals surface area contributed by atoms with E-state index in [1.807, 2.05) is 37.3 Å². The molecule has 0 aliphatic carbocycles. The van der Waals surface area contributed by atoms with Crippen LogP contribution in [0.25, 0.3) is 0 Å². The molecule has 1 fully saturated rings. The maximum Gasteiger partial charge on any atom is 0.105 e. The highest BCUT2D eigenvalue weighted by Gasteiger charge is 2.37. The van der Waals surface area contributed by atoms with E-state index in [9.17, 15) is 5.11 Å². The predicted octanol–water partition coefficient (Wildman–Crippen LogP) is 2.04. The first-order valence-corrected chi connectivity index (χ1v) is 5.78. The summed E-state index contributed by atoms with van der Waals surface area (Å²) >= 11 is 0. The van der Waals surface area contributed by atoms with Crippen LogP contribution in [0.2, 0.25) is 0 Å². The minimum absolute atomic E-state index is 0.213. The van der Waals surface area contributed by atoms with Crippen molar-refractivity contribution in [1.82, 2.24) is 5.32 Å². The Bertz CT molecular complexity index is 306. The lowest BCUT2D eigenvalue weighted by molar-refractivity contribution is -0.00117. The van der Waals surface area contributed by atoms with E-state index in [1.165, 1.54) is 6.42 Å². The smallest absolute Gasteiger partial charge is 0.105 e. The Morgan fingerprint density at radius 3 is 2.67 bits per heavy atom. The molecule has 15 heavy (non-hydrogen) atoms. The molecule has 2 heteroatoms. The quantitative estimate of drug-likeness (QED) is 0.791. The summed E-state index contributed by atoms with van der Waals surface area (Å²) in [5.74, 6) is 0. The van der Waals surface area contributed by atoms with E-state index >= 15 is 0 Å². The summed E-state index contributed by atoms with van der Waals surface area (Å²) in [6.07, 6.45) is 2.99. The highest BCUT2D eigenvalue weighted by molar-refractivity contribution is 5.24. The van der Waals surface area contributed by atoms with E-state index in [4.69, 9.17) is 0 Å². The largest absolute Gasteiger partial charge is 0.384 e. The molecule has 0 aromatic heterocycles. The van der Waals surface area contributed by atoms with Gasteiger partial charge in [0, 0.05) is 6.04 Å². The first-order chi connectivity index (χ1) is 7.27. The van der Waals surface area contributed by atoms with Crippen molar-refractivity contribution in [2.45, 2.75) is 37.8 Å². The number of hydrogen-bond acceptors (Lipinski definition) is 2. The van der Waals surface area contributed by atoms with Crippen molar-refractivity contribution in [1.29, 1.82) is 0 Å². The predicted molar refractivity (Wildman–Crippen MR) is 61.7 cm³/mol. The zero-order valence-corrected chi connectivity index (χ0v) is 9.24. The third-order valence-corrected chi connectivity index (χ3v) is 3.45. The molecule has 1 saturated heterocycles. The van der Waals surface area contributed by atoms with Crippen LogP contribution in [0.5, 0.6) is 0 Å². The van der Waals surface area contributed by atoms with E-state index in [1.54, 1.807) is 0 Å². The number of aliphatic hydroxyl groups is 1. The van der Waals surface area contributed by atoms with Crippen LogP contribution in [-0.2, 0) is 5.60 Å². The topological polar surface area (TPSA) is 32.3 Å². The SMILES string of the molecule is CCC(O)(c1ccccc1)[C@H]1CCCN1. The standard InChI is InChI=1S/C13H19NO/c1-2-13(15,12-9-6-10-14-12)11-7-4-3-5-8-11/h3-5,7-8,12,14-15H,2,6,9-10H2,1H3/t12-,13?/m1/s1. The van der Waals surface area contributed by atoms with E-state index in [2.05, 4.69) is 5.32 Å². The first-order valence-electron chi connectivity index (χ1n) is 5.78. The van der Waals surface area contributed by atoms with Gasteiger partial charge in [-0.1, -0.05) is 37.3 Å². The minimum atomic E-state index is -0.697. The van der Waals surface area contributed by atoms with Crippen LogP contribution < -0.4 is 5.32 Å². The third kappa shape index (κ3) is 1.92. The second kappa shape index (κ2) is 4.33. The Labute approximate surface area is 91.3 Å². The zero-order chi connectivity index (χ0) is 10.7. The van der Waals surface area contributed by atoms with Gasteiger partial charge in [0.05, 0.1) is 0 Å². The van der Waals surface area contributed by atoms with Crippen molar-refractivity contribution in [2.24, 2.45) is 0 Å². The highest BCUT2D eigenvalue weighted by Crippen LogP contribution is 2.32. The second-order valence-corrected chi connectivity index (χ2v) is 4.29. The molecular formula is C13H19NO. The van der Waals surface area contributed by atoms with Crippen LogP contribution >= 0.6 is 0 Å². The Morgan fingerprint density at radius 1 is 1.40 bits per heavy atom. The molecule has 2 nitrogen and oxygen atoms in total. The molecule has 2 N–H and O–H groups in total. The van der Waals surface area contributed by atoms with Crippen molar-refractivity contribution in [3.63, 3.8) is 0 Å². The molecule has 1 unspecified atom stereocenters. The average Bonchev–Trinajstić information content (AvgIpc) is 2.83. The van der Waals surface area contributed by atoms with Crippen LogP contribution in [0.1, 0.15) is 31.7 Å². The number of rotatable bonds is 3. The monoisotopic (exact) mass is 205 g/mol. The molecule has 1 heterocycles. The van der Waals surface area contributed by atoms with Crippen molar-refractivity contribution < 1.29 is 5.11 Å². The van der Waals surface area contributed by atoms with Crippen LogP contribution in [0.4, 0.5) is 0 Å². The van der Waals surface area contributed by atoms with Gasteiger partial charge in [0.25, 0.3) is 0 Å². The van der Waals surface area contributed by atoms with Gasteiger partial charge in [-0.25, -0.2) is 0 Å². The molecule has 0 bridgehead atoms. The Hall–Kier alpha value is -0.860. The summed E-state index contributed by atoms with van der Waals surface area (Å²) in [7, 11) is 0. The van der Waals surface area contributed by atoms with E-state index < -0.39 is 5.60 Å². The van der Waals surface area contributed by atoms with Gasteiger partial charge < -0.3 is 10.4 Å². The molecule has 82 valence electrons. The normalized spacial score (nSPS) is 25.1. The number of hydrogen-bond donors (Lipinski definition) is 2. The molecule has 1 aliphatic heterocycles. The molecule has 0 saturated carbocycles. The molecule has 0 amide bonds. The highest BCUT2D eigenvalue weighted by atomic mass is 16.3. The third-order valence-electron chi connectivity index (χ3n) is 3.45. The van der Waals surface area contributed by atoms with E-state index in [0.717, 1.165) is 24.9 Å². The zero-order valence-electron chi connectivity index (χ0n) is 9.24. The molecule has 0 spiro atoms. The fraction of sp³-hybridized carbons (Fsp3) is 0.538. The van der Waals surface area contributed by atoms with Gasteiger partial charge in [-0.2, -0.15) is 0 Å². The van der Waals surface area contributed by atoms with Gasteiger partial charge in [-0.05, 0) is 31.4 Å². The lowest BCUT2D eigenvalue weighted by Crippen LogP contribution is -2.44. The van der Waals surface area contributed by atoms with Gasteiger partial charge in [-0.3, -0.25) is 0 Å². The van der Waals surface area contributed by atoms with Crippen LogP contribution in [0.15, 0.2) is 30.3 Å². The Kier molecular flexibility index (Phi) is 3.08. The van der Waals surface area contributed by atoms with Crippen molar-refractivity contribution in [2.75, 3.05) is 6.54 Å². The lowest BCUT2D eigenvalue weighted by atomic mass is 9.83.